The highest BCUT2D eigenvalue weighted by atomic mass is 16.5. The monoisotopic (exact) mass is 251 g/mol. The Balaban J connectivity index is 3.06. The van der Waals surface area contributed by atoms with Crippen LogP contribution >= 0.6 is 0 Å². The Morgan fingerprint density at radius 1 is 1.39 bits per heavy atom. The van der Waals surface area contributed by atoms with Crippen molar-refractivity contribution in [3.8, 4) is 5.75 Å². The molecule has 0 bridgehead atoms. The fourth-order valence-electron chi connectivity index (χ4n) is 1.47. The van der Waals surface area contributed by atoms with Gasteiger partial charge in [-0.15, -0.1) is 0 Å². The summed E-state index contributed by atoms with van der Waals surface area (Å²) >= 11 is 0. The Kier molecular flexibility index (Phi) is 4.71. The van der Waals surface area contributed by atoms with Crippen molar-refractivity contribution in [3.63, 3.8) is 0 Å². The van der Waals surface area contributed by atoms with Crippen molar-refractivity contribution in [2.24, 2.45) is 0 Å². The van der Waals surface area contributed by atoms with Gasteiger partial charge in [0.2, 0.25) is 0 Å². The van der Waals surface area contributed by atoms with E-state index in [1.54, 1.807) is 13.0 Å². The molecule has 0 aromatic heterocycles. The Labute approximate surface area is 106 Å². The SMILES string of the molecule is CCOc1ccc(C(=O)NC(C)C)cc1C(=O)O. The second-order valence-corrected chi connectivity index (χ2v) is 4.08. The zero-order chi connectivity index (χ0) is 13.7. The third-order valence-electron chi connectivity index (χ3n) is 2.19. The van der Waals surface area contributed by atoms with Crippen LogP contribution in [0.1, 0.15) is 41.5 Å². The van der Waals surface area contributed by atoms with Crippen LogP contribution in [0.15, 0.2) is 18.2 Å². The third kappa shape index (κ3) is 3.48. The summed E-state index contributed by atoms with van der Waals surface area (Å²) in [6, 6.07) is 4.37. The zero-order valence-corrected chi connectivity index (χ0v) is 10.7. The van der Waals surface area contributed by atoms with Gasteiger partial charge in [-0.05, 0) is 39.0 Å². The van der Waals surface area contributed by atoms with Gasteiger partial charge in [-0.25, -0.2) is 4.79 Å². The van der Waals surface area contributed by atoms with Crippen LogP contribution in [0.2, 0.25) is 0 Å². The maximum Gasteiger partial charge on any atom is 0.339 e. The molecule has 1 aromatic carbocycles. The van der Waals surface area contributed by atoms with Gasteiger partial charge in [-0.1, -0.05) is 0 Å². The van der Waals surface area contributed by atoms with Crippen LogP contribution in [-0.4, -0.2) is 29.6 Å². The van der Waals surface area contributed by atoms with Gasteiger partial charge >= 0.3 is 5.97 Å². The largest absolute Gasteiger partial charge is 0.493 e. The molecule has 0 saturated heterocycles. The summed E-state index contributed by atoms with van der Waals surface area (Å²) < 4.78 is 5.20. The summed E-state index contributed by atoms with van der Waals surface area (Å²) in [5.74, 6) is -1.14. The standard InChI is InChI=1S/C13H17NO4/c1-4-18-11-6-5-9(7-10(11)13(16)17)12(15)14-8(2)3/h5-8H,4H2,1-3H3,(H,14,15)(H,16,17). The predicted octanol–water partition coefficient (Wildman–Crippen LogP) is 1.92. The number of rotatable bonds is 5. The molecule has 1 amide bonds. The summed E-state index contributed by atoms with van der Waals surface area (Å²) in [7, 11) is 0. The van der Waals surface area contributed by atoms with Crippen molar-refractivity contribution in [1.29, 1.82) is 0 Å². The second kappa shape index (κ2) is 6.05. The highest BCUT2D eigenvalue weighted by Crippen LogP contribution is 2.20. The minimum Gasteiger partial charge on any atom is -0.493 e. The molecule has 0 aliphatic rings. The number of hydrogen-bond donors (Lipinski definition) is 2. The fourth-order valence-corrected chi connectivity index (χ4v) is 1.47. The van der Waals surface area contributed by atoms with Gasteiger partial charge in [0, 0.05) is 11.6 Å². The summed E-state index contributed by atoms with van der Waals surface area (Å²) in [5.41, 5.74) is 0.304. The number of hydrogen-bond acceptors (Lipinski definition) is 3. The van der Waals surface area contributed by atoms with Crippen molar-refractivity contribution >= 4 is 11.9 Å². The second-order valence-electron chi connectivity index (χ2n) is 4.08. The highest BCUT2D eigenvalue weighted by Gasteiger charge is 2.15. The molecule has 98 valence electrons. The Morgan fingerprint density at radius 3 is 2.56 bits per heavy atom. The topological polar surface area (TPSA) is 75.6 Å². The molecule has 0 heterocycles. The number of ether oxygens (including phenoxy) is 1. The van der Waals surface area contributed by atoms with E-state index in [2.05, 4.69) is 5.32 Å². The summed E-state index contributed by atoms with van der Waals surface area (Å²) in [6.07, 6.45) is 0. The average molecular weight is 251 g/mol. The molecule has 5 nitrogen and oxygen atoms in total. The molecule has 0 saturated carbocycles. The van der Waals surface area contributed by atoms with Crippen LogP contribution in [0.4, 0.5) is 0 Å². The smallest absolute Gasteiger partial charge is 0.339 e. The van der Waals surface area contributed by atoms with Crippen LogP contribution in [0.25, 0.3) is 0 Å². The molecule has 0 aliphatic carbocycles. The van der Waals surface area contributed by atoms with E-state index < -0.39 is 5.97 Å². The van der Waals surface area contributed by atoms with E-state index in [0.717, 1.165) is 0 Å². The maximum atomic E-state index is 11.8. The molecule has 5 heteroatoms. The Hall–Kier alpha value is -2.04. The van der Waals surface area contributed by atoms with E-state index in [1.165, 1.54) is 12.1 Å². The lowest BCUT2D eigenvalue weighted by atomic mass is 10.1. The first-order valence-corrected chi connectivity index (χ1v) is 5.76. The maximum absolute atomic E-state index is 11.8. The number of amides is 1. The van der Waals surface area contributed by atoms with Gasteiger partial charge in [0.05, 0.1) is 6.61 Å². The molecule has 0 atom stereocenters. The van der Waals surface area contributed by atoms with E-state index in [9.17, 15) is 9.59 Å². The molecular formula is C13H17NO4. The molecule has 18 heavy (non-hydrogen) atoms. The molecule has 2 N–H and O–H groups in total. The van der Waals surface area contributed by atoms with Crippen LogP contribution in [-0.2, 0) is 0 Å². The van der Waals surface area contributed by atoms with Crippen LogP contribution in [0, 0.1) is 0 Å². The van der Waals surface area contributed by atoms with Gasteiger partial charge < -0.3 is 15.2 Å². The molecule has 0 radical (unpaired) electrons. The number of aromatic carboxylic acids is 1. The van der Waals surface area contributed by atoms with E-state index in [4.69, 9.17) is 9.84 Å². The van der Waals surface area contributed by atoms with Crippen molar-refractivity contribution < 1.29 is 19.4 Å². The molecule has 0 fully saturated rings. The first kappa shape index (κ1) is 14.0. The zero-order valence-electron chi connectivity index (χ0n) is 10.7. The third-order valence-corrected chi connectivity index (χ3v) is 2.19. The molecule has 0 spiro atoms. The number of benzene rings is 1. The van der Waals surface area contributed by atoms with Crippen LogP contribution in [0.5, 0.6) is 5.75 Å². The Morgan fingerprint density at radius 2 is 2.06 bits per heavy atom. The number of carbonyl (C=O) groups is 2. The highest BCUT2D eigenvalue weighted by molar-refractivity contribution is 5.99. The van der Waals surface area contributed by atoms with Crippen molar-refractivity contribution in [3.05, 3.63) is 29.3 Å². The molecule has 0 unspecified atom stereocenters. The Bertz CT molecular complexity index is 454. The van der Waals surface area contributed by atoms with Crippen LogP contribution < -0.4 is 10.1 Å². The molecular weight excluding hydrogens is 234 g/mol. The quantitative estimate of drug-likeness (QED) is 0.838. The number of carbonyl (C=O) groups excluding carboxylic acids is 1. The van der Waals surface area contributed by atoms with Crippen molar-refractivity contribution in [2.75, 3.05) is 6.61 Å². The number of carboxylic acid groups (broad SMARTS) is 1. The van der Waals surface area contributed by atoms with E-state index in [0.29, 0.717) is 12.2 Å². The molecule has 1 aromatic rings. The van der Waals surface area contributed by atoms with Crippen molar-refractivity contribution in [2.45, 2.75) is 26.8 Å². The van der Waals surface area contributed by atoms with Crippen LogP contribution in [0.3, 0.4) is 0 Å². The lowest BCUT2D eigenvalue weighted by Crippen LogP contribution is -2.30. The van der Waals surface area contributed by atoms with Gasteiger partial charge in [0.1, 0.15) is 11.3 Å². The molecule has 0 aliphatic heterocycles. The van der Waals surface area contributed by atoms with Gasteiger partial charge in [-0.2, -0.15) is 0 Å². The summed E-state index contributed by atoms with van der Waals surface area (Å²) in [4.78, 5) is 22.8. The lowest BCUT2D eigenvalue weighted by Gasteiger charge is -2.11. The van der Waals surface area contributed by atoms with E-state index in [1.807, 2.05) is 13.8 Å². The summed E-state index contributed by atoms with van der Waals surface area (Å²) in [5, 5.41) is 11.8. The van der Waals surface area contributed by atoms with Gasteiger partial charge in [0.15, 0.2) is 0 Å². The minimum absolute atomic E-state index is 0.00246. The average Bonchev–Trinajstić information content (AvgIpc) is 2.28. The minimum atomic E-state index is -1.11. The fraction of sp³-hybridized carbons (Fsp3) is 0.385. The normalized spacial score (nSPS) is 10.2. The first-order valence-electron chi connectivity index (χ1n) is 5.76. The lowest BCUT2D eigenvalue weighted by molar-refractivity contribution is 0.0692. The number of nitrogens with one attached hydrogen (secondary N) is 1. The van der Waals surface area contributed by atoms with Crippen molar-refractivity contribution in [1.82, 2.24) is 5.32 Å². The van der Waals surface area contributed by atoms with E-state index >= 15 is 0 Å². The first-order chi connectivity index (χ1) is 8.45. The van der Waals surface area contributed by atoms with Gasteiger partial charge in [-0.3, -0.25) is 4.79 Å². The van der Waals surface area contributed by atoms with E-state index in [-0.39, 0.29) is 23.3 Å². The summed E-state index contributed by atoms with van der Waals surface area (Å²) in [6.45, 7) is 5.82. The molecule has 1 rings (SSSR count). The van der Waals surface area contributed by atoms with Gasteiger partial charge in [0.25, 0.3) is 5.91 Å². The predicted molar refractivity (Wildman–Crippen MR) is 67.2 cm³/mol. The number of carboxylic acids is 1.